The molecule has 6 nitrogen and oxygen atoms in total. The zero-order valence-corrected chi connectivity index (χ0v) is 7.34. The molecule has 0 saturated heterocycles. The second-order valence-electron chi connectivity index (χ2n) is 2.63. The first kappa shape index (κ1) is 8.49. The Balaban J connectivity index is 2.60. The highest BCUT2D eigenvalue weighted by Gasteiger charge is 2.08. The minimum atomic E-state index is -1.06. The number of carboxylic acids is 1. The largest absolute Gasteiger partial charge is 0.480 e. The Morgan fingerprint density at radius 3 is 3.00 bits per heavy atom. The first-order chi connectivity index (χ1) is 6.70. The Morgan fingerprint density at radius 1 is 1.57 bits per heavy atom. The maximum atomic E-state index is 10.6. The molecule has 6 heteroatoms. The van der Waals surface area contributed by atoms with E-state index in [0.29, 0.717) is 11.5 Å². The summed E-state index contributed by atoms with van der Waals surface area (Å²) >= 11 is 0. The van der Waals surface area contributed by atoms with Gasteiger partial charge >= 0.3 is 5.97 Å². The van der Waals surface area contributed by atoms with Gasteiger partial charge < -0.3 is 9.84 Å². The number of aromatic nitrogens is 3. The Labute approximate surface area is 78.8 Å². The van der Waals surface area contributed by atoms with Crippen LogP contribution in [-0.4, -0.2) is 32.6 Å². The van der Waals surface area contributed by atoms with E-state index in [1.165, 1.54) is 19.5 Å². The molecule has 14 heavy (non-hydrogen) atoms. The van der Waals surface area contributed by atoms with Gasteiger partial charge in [0.05, 0.1) is 19.5 Å². The van der Waals surface area contributed by atoms with Gasteiger partial charge in [-0.3, -0.25) is 4.40 Å². The number of aromatic carboxylic acids is 1. The second-order valence-corrected chi connectivity index (χ2v) is 2.63. The molecule has 0 radical (unpaired) electrons. The molecule has 0 spiro atoms. The lowest BCUT2D eigenvalue weighted by Gasteiger charge is -1.97. The lowest BCUT2D eigenvalue weighted by atomic mass is 10.5. The summed E-state index contributed by atoms with van der Waals surface area (Å²) in [4.78, 5) is 18.3. The third-order valence-electron chi connectivity index (χ3n) is 1.75. The number of ether oxygens (including phenoxy) is 1. The molecule has 2 aromatic rings. The zero-order valence-electron chi connectivity index (χ0n) is 7.34. The highest BCUT2D eigenvalue weighted by atomic mass is 16.5. The molecule has 0 atom stereocenters. The molecule has 0 aliphatic carbocycles. The van der Waals surface area contributed by atoms with Gasteiger partial charge in [0, 0.05) is 6.20 Å². The van der Waals surface area contributed by atoms with E-state index in [9.17, 15) is 4.79 Å². The number of carboxylic acid groups (broad SMARTS) is 1. The van der Waals surface area contributed by atoms with Crippen LogP contribution in [0.1, 0.15) is 10.5 Å². The minimum Gasteiger partial charge on any atom is -0.480 e. The molecule has 1 N–H and O–H groups in total. The number of hydrogen-bond acceptors (Lipinski definition) is 4. The summed E-state index contributed by atoms with van der Waals surface area (Å²) in [6, 6.07) is 0. The van der Waals surface area contributed by atoms with E-state index < -0.39 is 5.97 Å². The van der Waals surface area contributed by atoms with Gasteiger partial charge in [0.25, 0.3) is 0 Å². The van der Waals surface area contributed by atoms with Crippen molar-refractivity contribution < 1.29 is 14.6 Å². The van der Waals surface area contributed by atoms with Gasteiger partial charge in [-0.25, -0.2) is 14.8 Å². The normalized spacial score (nSPS) is 10.4. The lowest BCUT2D eigenvalue weighted by Crippen LogP contribution is -1.94. The van der Waals surface area contributed by atoms with Crippen LogP contribution in [0.25, 0.3) is 5.65 Å². The smallest absolute Gasteiger partial charge is 0.356 e. The van der Waals surface area contributed by atoms with Crippen LogP contribution in [0.4, 0.5) is 0 Å². The first-order valence-corrected chi connectivity index (χ1v) is 3.83. The predicted octanol–water partition coefficient (Wildman–Crippen LogP) is 0.436. The number of rotatable bonds is 2. The number of carbonyl (C=O) groups is 1. The van der Waals surface area contributed by atoms with Gasteiger partial charge in [0.15, 0.2) is 11.3 Å². The molecule has 2 rings (SSSR count). The number of nitrogens with zero attached hydrogens (tertiary/aromatic N) is 3. The van der Waals surface area contributed by atoms with Gasteiger partial charge in [-0.1, -0.05) is 0 Å². The van der Waals surface area contributed by atoms with Crippen LogP contribution in [0.3, 0.4) is 0 Å². The second kappa shape index (κ2) is 2.99. The van der Waals surface area contributed by atoms with Crippen LogP contribution in [0.2, 0.25) is 0 Å². The third kappa shape index (κ3) is 1.26. The number of imidazole rings is 1. The van der Waals surface area contributed by atoms with Crippen molar-refractivity contribution >= 4 is 11.6 Å². The maximum absolute atomic E-state index is 10.6. The van der Waals surface area contributed by atoms with Crippen LogP contribution in [0.15, 0.2) is 18.6 Å². The summed E-state index contributed by atoms with van der Waals surface area (Å²) in [5.41, 5.74) is 0.461. The topological polar surface area (TPSA) is 76.7 Å². The number of fused-ring (bicyclic) bond motifs is 1. The molecular weight excluding hydrogens is 186 g/mol. The molecule has 0 unspecified atom stereocenters. The molecule has 2 aromatic heterocycles. The van der Waals surface area contributed by atoms with Gasteiger partial charge in [0.1, 0.15) is 0 Å². The van der Waals surface area contributed by atoms with E-state index in [1.54, 1.807) is 10.6 Å². The summed E-state index contributed by atoms with van der Waals surface area (Å²) in [5, 5.41) is 8.68. The standard InChI is InChI=1S/C8H7N3O3/c1-14-7-4-11-3-5(8(12)13)10-6(11)2-9-7/h2-4H,1H3,(H,12,13). The van der Waals surface area contributed by atoms with Crippen molar-refractivity contribution in [3.63, 3.8) is 0 Å². The summed E-state index contributed by atoms with van der Waals surface area (Å²) in [7, 11) is 1.49. The average Bonchev–Trinajstić information content (AvgIpc) is 2.59. The minimum absolute atomic E-state index is 0.0138. The highest BCUT2D eigenvalue weighted by Crippen LogP contribution is 2.09. The lowest BCUT2D eigenvalue weighted by molar-refractivity contribution is 0.0691. The SMILES string of the molecule is COc1cn2cc(C(=O)O)nc2cn1. The first-order valence-electron chi connectivity index (χ1n) is 3.83. The Morgan fingerprint density at radius 2 is 2.36 bits per heavy atom. The molecule has 0 amide bonds. The van der Waals surface area contributed by atoms with Crippen molar-refractivity contribution in [1.29, 1.82) is 0 Å². The molecule has 0 aromatic carbocycles. The fourth-order valence-electron chi connectivity index (χ4n) is 1.09. The molecule has 72 valence electrons. The molecule has 0 aliphatic rings. The van der Waals surface area contributed by atoms with Crippen LogP contribution in [0, 0.1) is 0 Å². The highest BCUT2D eigenvalue weighted by molar-refractivity contribution is 5.86. The van der Waals surface area contributed by atoms with Gasteiger partial charge in [-0.15, -0.1) is 0 Å². The Bertz CT molecular complexity index is 492. The van der Waals surface area contributed by atoms with Crippen LogP contribution >= 0.6 is 0 Å². The van der Waals surface area contributed by atoms with E-state index in [-0.39, 0.29) is 5.69 Å². The molecule has 0 aliphatic heterocycles. The summed E-state index contributed by atoms with van der Waals surface area (Å²) < 4.78 is 6.44. The van der Waals surface area contributed by atoms with E-state index in [0.717, 1.165) is 0 Å². The Hall–Kier alpha value is -2.11. The van der Waals surface area contributed by atoms with Gasteiger partial charge in [-0.05, 0) is 0 Å². The third-order valence-corrected chi connectivity index (χ3v) is 1.75. The molecule has 0 saturated carbocycles. The zero-order chi connectivity index (χ0) is 10.1. The van der Waals surface area contributed by atoms with Crippen LogP contribution in [-0.2, 0) is 0 Å². The maximum Gasteiger partial charge on any atom is 0.356 e. The average molecular weight is 193 g/mol. The monoisotopic (exact) mass is 193 g/mol. The summed E-state index contributed by atoms with van der Waals surface area (Å²) in [6.07, 6.45) is 4.42. The van der Waals surface area contributed by atoms with E-state index in [4.69, 9.17) is 9.84 Å². The summed E-state index contributed by atoms with van der Waals surface area (Å²) in [6.45, 7) is 0. The molecular formula is C8H7N3O3. The van der Waals surface area contributed by atoms with E-state index >= 15 is 0 Å². The van der Waals surface area contributed by atoms with Crippen LogP contribution < -0.4 is 4.74 Å². The quantitative estimate of drug-likeness (QED) is 0.748. The van der Waals surface area contributed by atoms with Gasteiger partial charge in [-0.2, -0.15) is 0 Å². The van der Waals surface area contributed by atoms with Crippen molar-refractivity contribution in [3.05, 3.63) is 24.3 Å². The van der Waals surface area contributed by atoms with E-state index in [2.05, 4.69) is 9.97 Å². The fraction of sp³-hybridized carbons (Fsp3) is 0.125. The number of hydrogen-bond donors (Lipinski definition) is 1. The van der Waals surface area contributed by atoms with Crippen molar-refractivity contribution in [2.45, 2.75) is 0 Å². The fourth-order valence-corrected chi connectivity index (χ4v) is 1.09. The number of methoxy groups -OCH3 is 1. The molecule has 2 heterocycles. The molecule has 0 bridgehead atoms. The van der Waals surface area contributed by atoms with Crippen molar-refractivity contribution in [3.8, 4) is 5.88 Å². The van der Waals surface area contributed by atoms with Crippen LogP contribution in [0.5, 0.6) is 5.88 Å². The van der Waals surface area contributed by atoms with Crippen molar-refractivity contribution in [2.75, 3.05) is 7.11 Å². The van der Waals surface area contributed by atoms with E-state index in [1.807, 2.05) is 0 Å². The Kier molecular flexibility index (Phi) is 1.81. The van der Waals surface area contributed by atoms with Gasteiger partial charge in [0.2, 0.25) is 5.88 Å². The predicted molar refractivity (Wildman–Crippen MR) is 46.5 cm³/mol. The van der Waals surface area contributed by atoms with Crippen molar-refractivity contribution in [2.24, 2.45) is 0 Å². The molecule has 0 fully saturated rings. The summed E-state index contributed by atoms with van der Waals surface area (Å²) in [5.74, 6) is -0.653. The van der Waals surface area contributed by atoms with Crippen molar-refractivity contribution in [1.82, 2.24) is 14.4 Å².